The first kappa shape index (κ1) is 10.4. The number of rotatable bonds is 0. The van der Waals surface area contributed by atoms with Gasteiger partial charge in [0.25, 0.3) is 0 Å². The van der Waals surface area contributed by atoms with E-state index in [1.54, 1.807) is 0 Å². The summed E-state index contributed by atoms with van der Waals surface area (Å²) in [6.45, 7) is 2.17. The van der Waals surface area contributed by atoms with Crippen LogP contribution >= 0.6 is 11.6 Å². The van der Waals surface area contributed by atoms with Crippen LogP contribution in [0.15, 0.2) is 59.1 Å². The van der Waals surface area contributed by atoms with Gasteiger partial charge in [-0.25, -0.2) is 0 Å². The van der Waals surface area contributed by atoms with Gasteiger partial charge in [0.15, 0.2) is 0 Å². The van der Waals surface area contributed by atoms with Gasteiger partial charge in [0.1, 0.15) is 0 Å². The summed E-state index contributed by atoms with van der Waals surface area (Å²) in [5.41, 5.74) is 6.96. The van der Waals surface area contributed by atoms with Crippen molar-refractivity contribution in [3.8, 4) is 0 Å². The average Bonchev–Trinajstić information content (AvgIpc) is 2.42. The van der Waals surface area contributed by atoms with Crippen molar-refractivity contribution in [1.82, 2.24) is 0 Å². The molecule has 0 aromatic heterocycles. The second kappa shape index (κ2) is 3.49. The third-order valence-corrected chi connectivity index (χ3v) is 4.82. The van der Waals surface area contributed by atoms with E-state index in [1.807, 2.05) is 0 Å². The zero-order chi connectivity index (χ0) is 12.3. The number of benzene rings is 2. The SMILES string of the molecule is CC1=C(Cl)C2c3ccccc3C1c1ccccc12. The number of halogens is 1. The van der Waals surface area contributed by atoms with Crippen LogP contribution in [-0.2, 0) is 0 Å². The lowest BCUT2D eigenvalue weighted by Crippen LogP contribution is -2.25. The first-order chi connectivity index (χ1) is 8.79. The molecule has 0 saturated carbocycles. The lowest BCUT2D eigenvalue weighted by atomic mass is 9.65. The summed E-state index contributed by atoms with van der Waals surface area (Å²) in [5, 5.41) is 1.03. The third-order valence-electron chi connectivity index (χ3n) is 4.30. The van der Waals surface area contributed by atoms with Gasteiger partial charge in [-0.1, -0.05) is 60.1 Å². The van der Waals surface area contributed by atoms with Crippen LogP contribution < -0.4 is 0 Å². The van der Waals surface area contributed by atoms with Gasteiger partial charge in [0.05, 0.1) is 0 Å². The van der Waals surface area contributed by atoms with E-state index in [9.17, 15) is 0 Å². The monoisotopic (exact) mass is 252 g/mol. The molecule has 0 unspecified atom stereocenters. The van der Waals surface area contributed by atoms with Crippen molar-refractivity contribution in [2.45, 2.75) is 18.8 Å². The fourth-order valence-corrected chi connectivity index (χ4v) is 3.86. The van der Waals surface area contributed by atoms with E-state index in [-0.39, 0.29) is 5.92 Å². The standard InChI is InChI=1S/C17H13Cl/c1-10-15-11-6-2-4-8-13(11)16(17(10)18)14-9-5-3-7-12(14)15/h2-9,15-16H,1H3. The van der Waals surface area contributed by atoms with Crippen molar-refractivity contribution in [2.24, 2.45) is 0 Å². The molecule has 3 aliphatic carbocycles. The summed E-state index contributed by atoms with van der Waals surface area (Å²) in [5.74, 6) is 0.610. The molecule has 0 saturated heterocycles. The van der Waals surface area contributed by atoms with Crippen molar-refractivity contribution >= 4 is 11.6 Å². The molecule has 18 heavy (non-hydrogen) atoms. The lowest BCUT2D eigenvalue weighted by molar-refractivity contribution is 0.756. The molecule has 0 spiro atoms. The van der Waals surface area contributed by atoms with Crippen LogP contribution in [0.3, 0.4) is 0 Å². The quantitative estimate of drug-likeness (QED) is 0.632. The van der Waals surface area contributed by atoms with Gasteiger partial charge in [-0.05, 0) is 34.8 Å². The molecular formula is C17H13Cl. The zero-order valence-electron chi connectivity index (χ0n) is 10.2. The Labute approximate surface area is 112 Å². The van der Waals surface area contributed by atoms with Gasteiger partial charge in [-0.2, -0.15) is 0 Å². The van der Waals surface area contributed by atoms with Crippen molar-refractivity contribution in [2.75, 3.05) is 0 Å². The molecule has 0 radical (unpaired) electrons. The Hall–Kier alpha value is -1.53. The molecular weight excluding hydrogens is 240 g/mol. The zero-order valence-corrected chi connectivity index (χ0v) is 10.9. The minimum Gasteiger partial charge on any atom is -0.0881 e. The molecule has 3 aliphatic rings. The van der Waals surface area contributed by atoms with Crippen molar-refractivity contribution in [3.63, 3.8) is 0 Å². The molecule has 0 heterocycles. The molecule has 2 aromatic rings. The first-order valence-electron chi connectivity index (χ1n) is 6.33. The molecule has 0 nitrogen and oxygen atoms in total. The number of allylic oxidation sites excluding steroid dienone is 2. The van der Waals surface area contributed by atoms with Gasteiger partial charge in [0.2, 0.25) is 0 Å². The molecule has 0 N–H and O–H groups in total. The molecule has 2 bridgehead atoms. The maximum Gasteiger partial charge on any atom is 0.0453 e. The fourth-order valence-electron chi connectivity index (χ4n) is 3.51. The first-order valence-corrected chi connectivity index (χ1v) is 6.70. The second-order valence-electron chi connectivity index (χ2n) is 5.15. The van der Waals surface area contributed by atoms with Gasteiger partial charge in [-0.15, -0.1) is 0 Å². The average molecular weight is 253 g/mol. The van der Waals surface area contributed by atoms with Crippen LogP contribution in [0.25, 0.3) is 0 Å². The van der Waals surface area contributed by atoms with E-state index in [4.69, 9.17) is 11.6 Å². The van der Waals surface area contributed by atoms with Crippen LogP contribution in [0.5, 0.6) is 0 Å². The van der Waals surface area contributed by atoms with E-state index in [1.165, 1.54) is 27.8 Å². The topological polar surface area (TPSA) is 0 Å². The Morgan fingerprint density at radius 1 is 0.722 bits per heavy atom. The van der Waals surface area contributed by atoms with Crippen LogP contribution in [0, 0.1) is 0 Å². The Balaban J connectivity index is 2.10. The van der Waals surface area contributed by atoms with Crippen LogP contribution in [0.1, 0.15) is 41.0 Å². The maximum absolute atomic E-state index is 6.60. The highest BCUT2D eigenvalue weighted by atomic mass is 35.5. The molecule has 5 rings (SSSR count). The lowest BCUT2D eigenvalue weighted by Gasteiger charge is -2.40. The van der Waals surface area contributed by atoms with E-state index >= 15 is 0 Å². The van der Waals surface area contributed by atoms with E-state index in [0.717, 1.165) is 5.03 Å². The summed E-state index contributed by atoms with van der Waals surface area (Å²) in [7, 11) is 0. The highest BCUT2D eigenvalue weighted by Gasteiger charge is 2.40. The highest BCUT2D eigenvalue weighted by molar-refractivity contribution is 6.31. The van der Waals surface area contributed by atoms with E-state index in [2.05, 4.69) is 55.5 Å². The number of hydrogen-bond donors (Lipinski definition) is 0. The molecule has 2 aromatic carbocycles. The summed E-state index contributed by atoms with van der Waals surface area (Å²) in [6, 6.07) is 17.4. The van der Waals surface area contributed by atoms with Gasteiger partial charge >= 0.3 is 0 Å². The molecule has 1 heteroatoms. The normalized spacial score (nSPS) is 23.9. The Kier molecular flexibility index (Phi) is 2.02. The maximum atomic E-state index is 6.60. The van der Waals surface area contributed by atoms with Crippen LogP contribution in [-0.4, -0.2) is 0 Å². The van der Waals surface area contributed by atoms with Crippen molar-refractivity contribution < 1.29 is 0 Å². The summed E-state index contributed by atoms with van der Waals surface area (Å²) in [6.07, 6.45) is 0. The Morgan fingerprint density at radius 2 is 1.11 bits per heavy atom. The van der Waals surface area contributed by atoms with E-state index in [0.29, 0.717) is 5.92 Å². The summed E-state index contributed by atoms with van der Waals surface area (Å²) >= 11 is 6.60. The predicted octanol–water partition coefficient (Wildman–Crippen LogP) is 4.79. The van der Waals surface area contributed by atoms with Gasteiger partial charge < -0.3 is 0 Å². The van der Waals surface area contributed by atoms with E-state index < -0.39 is 0 Å². The fraction of sp³-hybridized carbons (Fsp3) is 0.176. The summed E-state index contributed by atoms with van der Waals surface area (Å²) < 4.78 is 0. The molecule has 0 aliphatic heterocycles. The highest BCUT2D eigenvalue weighted by Crippen LogP contribution is 2.56. The molecule has 0 atom stereocenters. The van der Waals surface area contributed by atoms with Crippen LogP contribution in [0.2, 0.25) is 0 Å². The summed E-state index contributed by atoms with van der Waals surface area (Å²) in [4.78, 5) is 0. The largest absolute Gasteiger partial charge is 0.0881 e. The Morgan fingerprint density at radius 3 is 1.56 bits per heavy atom. The predicted molar refractivity (Wildman–Crippen MR) is 75.1 cm³/mol. The van der Waals surface area contributed by atoms with Gasteiger partial charge in [0, 0.05) is 16.9 Å². The molecule has 0 amide bonds. The van der Waals surface area contributed by atoms with Gasteiger partial charge in [-0.3, -0.25) is 0 Å². The smallest absolute Gasteiger partial charge is 0.0453 e. The molecule has 88 valence electrons. The number of hydrogen-bond acceptors (Lipinski definition) is 0. The minimum atomic E-state index is 0.254. The second-order valence-corrected chi connectivity index (χ2v) is 5.56. The third kappa shape index (κ3) is 1.12. The Bertz CT molecular complexity index is 576. The minimum absolute atomic E-state index is 0.254. The molecule has 0 fully saturated rings. The van der Waals surface area contributed by atoms with Crippen LogP contribution in [0.4, 0.5) is 0 Å². The van der Waals surface area contributed by atoms with Crippen molar-refractivity contribution in [3.05, 3.63) is 81.4 Å². The van der Waals surface area contributed by atoms with Crippen molar-refractivity contribution in [1.29, 1.82) is 0 Å².